The second-order valence-corrected chi connectivity index (χ2v) is 5.91. The lowest BCUT2D eigenvalue weighted by molar-refractivity contribution is 0.401. The normalized spacial score (nSPS) is 10.2. The first-order valence-electron chi connectivity index (χ1n) is 6.70. The highest BCUT2D eigenvalue weighted by molar-refractivity contribution is 7.99. The molecule has 5 heteroatoms. The Morgan fingerprint density at radius 2 is 1.61 bits per heavy atom. The Kier molecular flexibility index (Phi) is 3.80. The molecule has 0 unspecified atom stereocenters. The molecule has 23 heavy (non-hydrogen) atoms. The standard InChI is InChI=1S/C18H10N2O2S/c19-9-13-8-16(21)17(22)15(10-20)18(13)23-14-6-5-11-3-1-2-4-12(11)7-14/h1-8,21-22H. The van der Waals surface area contributed by atoms with Gasteiger partial charge in [-0.2, -0.15) is 10.5 Å². The Hall–Kier alpha value is -3.15. The van der Waals surface area contributed by atoms with Crippen LogP contribution in [0, 0.1) is 22.7 Å². The molecule has 0 radical (unpaired) electrons. The summed E-state index contributed by atoms with van der Waals surface area (Å²) in [6, 6.07) is 18.6. The first-order valence-corrected chi connectivity index (χ1v) is 7.51. The van der Waals surface area contributed by atoms with E-state index >= 15 is 0 Å². The third-order valence-electron chi connectivity index (χ3n) is 3.41. The van der Waals surface area contributed by atoms with Crippen LogP contribution in [0.15, 0.2) is 58.3 Å². The van der Waals surface area contributed by atoms with Gasteiger partial charge in [0, 0.05) is 11.0 Å². The van der Waals surface area contributed by atoms with Crippen molar-refractivity contribution in [1.82, 2.24) is 0 Å². The number of phenols is 2. The average molecular weight is 318 g/mol. The molecule has 110 valence electrons. The van der Waals surface area contributed by atoms with Gasteiger partial charge in [-0.15, -0.1) is 0 Å². The molecule has 2 N–H and O–H groups in total. The molecule has 4 nitrogen and oxygen atoms in total. The van der Waals surface area contributed by atoms with Crippen LogP contribution in [-0.2, 0) is 0 Å². The molecule has 0 aliphatic rings. The Morgan fingerprint density at radius 3 is 2.30 bits per heavy atom. The molecule has 0 atom stereocenters. The van der Waals surface area contributed by atoms with Crippen molar-refractivity contribution in [1.29, 1.82) is 10.5 Å². The minimum absolute atomic E-state index is 0.0975. The van der Waals surface area contributed by atoms with E-state index in [9.17, 15) is 20.7 Å². The number of fused-ring (bicyclic) bond motifs is 1. The average Bonchev–Trinajstić information content (AvgIpc) is 2.58. The van der Waals surface area contributed by atoms with Gasteiger partial charge in [-0.3, -0.25) is 0 Å². The predicted octanol–water partition coefficient (Wildman–Crippen LogP) is 4.15. The Balaban J connectivity index is 2.13. The second kappa shape index (κ2) is 5.92. The van der Waals surface area contributed by atoms with Crippen LogP contribution in [0.1, 0.15) is 11.1 Å². The maximum atomic E-state index is 9.85. The van der Waals surface area contributed by atoms with E-state index < -0.39 is 11.5 Å². The summed E-state index contributed by atoms with van der Waals surface area (Å²) in [6.45, 7) is 0. The lowest BCUT2D eigenvalue weighted by Crippen LogP contribution is -1.89. The molecule has 0 fully saturated rings. The molecule has 0 aliphatic carbocycles. The van der Waals surface area contributed by atoms with Gasteiger partial charge in [0.1, 0.15) is 17.7 Å². The molecule has 0 aliphatic heterocycles. The molecule has 0 amide bonds. The second-order valence-electron chi connectivity index (χ2n) is 4.83. The molecule has 0 spiro atoms. The summed E-state index contributed by atoms with van der Waals surface area (Å²) in [6.07, 6.45) is 0. The van der Waals surface area contributed by atoms with Gasteiger partial charge in [0.25, 0.3) is 0 Å². The number of hydrogen-bond donors (Lipinski definition) is 2. The molecule has 0 saturated carbocycles. The summed E-state index contributed by atoms with van der Waals surface area (Å²) in [5, 5.41) is 40.1. The fourth-order valence-corrected chi connectivity index (χ4v) is 3.30. The molecule has 0 bridgehead atoms. The first kappa shape index (κ1) is 14.8. The Bertz CT molecular complexity index is 1000. The zero-order valence-corrected chi connectivity index (χ0v) is 12.6. The van der Waals surface area contributed by atoms with E-state index in [1.807, 2.05) is 54.6 Å². The van der Waals surface area contributed by atoms with E-state index in [-0.39, 0.29) is 11.1 Å². The molecular weight excluding hydrogens is 308 g/mol. The molecular formula is C18H10N2O2S. The summed E-state index contributed by atoms with van der Waals surface area (Å²) in [7, 11) is 0. The van der Waals surface area contributed by atoms with Crippen molar-refractivity contribution in [3.8, 4) is 23.6 Å². The smallest absolute Gasteiger partial charge is 0.176 e. The summed E-state index contributed by atoms with van der Waals surface area (Å²) in [4.78, 5) is 1.17. The maximum absolute atomic E-state index is 9.85. The Morgan fingerprint density at radius 1 is 0.870 bits per heavy atom. The highest BCUT2D eigenvalue weighted by Gasteiger charge is 2.18. The largest absolute Gasteiger partial charge is 0.504 e. The monoisotopic (exact) mass is 318 g/mol. The van der Waals surface area contributed by atoms with E-state index in [4.69, 9.17) is 0 Å². The molecule has 0 saturated heterocycles. The fraction of sp³-hybridized carbons (Fsp3) is 0. The van der Waals surface area contributed by atoms with E-state index in [2.05, 4.69) is 0 Å². The van der Waals surface area contributed by atoms with Crippen molar-refractivity contribution in [2.75, 3.05) is 0 Å². The van der Waals surface area contributed by atoms with Crippen molar-refractivity contribution in [3.05, 3.63) is 59.7 Å². The highest BCUT2D eigenvalue weighted by atomic mass is 32.2. The van der Waals surface area contributed by atoms with E-state index in [1.165, 1.54) is 17.8 Å². The van der Waals surface area contributed by atoms with Gasteiger partial charge >= 0.3 is 0 Å². The zero-order chi connectivity index (χ0) is 16.4. The van der Waals surface area contributed by atoms with Crippen molar-refractivity contribution >= 4 is 22.5 Å². The SMILES string of the molecule is N#Cc1cc(O)c(O)c(C#N)c1Sc1ccc2ccccc2c1. The van der Waals surface area contributed by atoms with Crippen molar-refractivity contribution in [2.45, 2.75) is 9.79 Å². The van der Waals surface area contributed by atoms with Crippen LogP contribution in [0.25, 0.3) is 10.8 Å². The van der Waals surface area contributed by atoms with Crippen LogP contribution in [0.4, 0.5) is 0 Å². The van der Waals surface area contributed by atoms with E-state index in [0.29, 0.717) is 4.90 Å². The van der Waals surface area contributed by atoms with Crippen LogP contribution in [0.3, 0.4) is 0 Å². The van der Waals surface area contributed by atoms with Gasteiger partial charge in [-0.1, -0.05) is 42.1 Å². The van der Waals surface area contributed by atoms with Crippen molar-refractivity contribution in [3.63, 3.8) is 0 Å². The predicted molar refractivity (Wildman–Crippen MR) is 87.3 cm³/mol. The number of nitrogens with zero attached hydrogens (tertiary/aromatic N) is 2. The lowest BCUT2D eigenvalue weighted by atomic mass is 10.1. The van der Waals surface area contributed by atoms with Crippen LogP contribution in [0.5, 0.6) is 11.5 Å². The van der Waals surface area contributed by atoms with Crippen molar-refractivity contribution < 1.29 is 10.2 Å². The number of phenolic OH excluding ortho intramolecular Hbond substituents is 2. The number of hydrogen-bond acceptors (Lipinski definition) is 5. The Labute approximate surface area is 136 Å². The molecule has 0 heterocycles. The quantitative estimate of drug-likeness (QED) is 0.693. The number of aromatic hydroxyl groups is 2. The molecule has 3 aromatic carbocycles. The number of benzene rings is 3. The van der Waals surface area contributed by atoms with Crippen LogP contribution in [0.2, 0.25) is 0 Å². The third-order valence-corrected chi connectivity index (χ3v) is 4.52. The maximum Gasteiger partial charge on any atom is 0.176 e. The van der Waals surface area contributed by atoms with Gasteiger partial charge in [-0.25, -0.2) is 0 Å². The van der Waals surface area contributed by atoms with Crippen LogP contribution >= 0.6 is 11.8 Å². The van der Waals surface area contributed by atoms with Gasteiger partial charge in [-0.05, 0) is 22.9 Å². The van der Waals surface area contributed by atoms with Crippen LogP contribution in [-0.4, -0.2) is 10.2 Å². The first-order chi connectivity index (χ1) is 11.1. The van der Waals surface area contributed by atoms with E-state index in [0.717, 1.165) is 15.7 Å². The zero-order valence-electron chi connectivity index (χ0n) is 11.8. The molecule has 3 aromatic rings. The fourth-order valence-electron chi connectivity index (χ4n) is 2.28. The topological polar surface area (TPSA) is 88.0 Å². The van der Waals surface area contributed by atoms with Gasteiger partial charge < -0.3 is 10.2 Å². The highest BCUT2D eigenvalue weighted by Crippen LogP contribution is 2.41. The molecule has 0 aromatic heterocycles. The van der Waals surface area contributed by atoms with Gasteiger partial charge in [0.05, 0.1) is 10.5 Å². The third kappa shape index (κ3) is 2.66. The summed E-state index contributed by atoms with van der Waals surface area (Å²) >= 11 is 1.21. The minimum Gasteiger partial charge on any atom is -0.504 e. The minimum atomic E-state index is -0.505. The van der Waals surface area contributed by atoms with E-state index in [1.54, 1.807) is 0 Å². The lowest BCUT2D eigenvalue weighted by Gasteiger charge is -2.10. The summed E-state index contributed by atoms with van der Waals surface area (Å²) in [5.74, 6) is -0.976. The van der Waals surface area contributed by atoms with Crippen LogP contribution < -0.4 is 0 Å². The summed E-state index contributed by atoms with van der Waals surface area (Å²) in [5.41, 5.74) is 0.0507. The number of rotatable bonds is 2. The van der Waals surface area contributed by atoms with Gasteiger partial charge in [0.2, 0.25) is 0 Å². The van der Waals surface area contributed by atoms with Crippen molar-refractivity contribution in [2.24, 2.45) is 0 Å². The summed E-state index contributed by atoms with van der Waals surface area (Å²) < 4.78 is 0. The number of nitriles is 2. The molecule has 3 rings (SSSR count). The van der Waals surface area contributed by atoms with Gasteiger partial charge in [0.15, 0.2) is 11.5 Å².